The van der Waals surface area contributed by atoms with Crippen LogP contribution in [0.3, 0.4) is 0 Å². The Kier molecular flexibility index (Phi) is 6.93. The lowest BCUT2D eigenvalue weighted by molar-refractivity contribution is 0.119. The molecule has 6 nitrogen and oxygen atoms in total. The average molecular weight is 338 g/mol. The number of carbonyl (C=O) groups is 1. The Morgan fingerprint density at radius 1 is 1.36 bits per heavy atom. The Labute approximate surface area is 148 Å². The van der Waals surface area contributed by atoms with Crippen molar-refractivity contribution in [3.8, 4) is 6.07 Å². The molecule has 1 aromatic heterocycles. The summed E-state index contributed by atoms with van der Waals surface area (Å²) in [4.78, 5) is 18.4. The van der Waals surface area contributed by atoms with Gasteiger partial charge in [-0.3, -0.25) is 4.98 Å². The first kappa shape index (κ1) is 18.4. The summed E-state index contributed by atoms with van der Waals surface area (Å²) in [5.74, 6) is 0. The Bertz CT molecular complexity index is 728. The van der Waals surface area contributed by atoms with Crippen LogP contribution >= 0.6 is 0 Å². The summed E-state index contributed by atoms with van der Waals surface area (Å²) in [6.07, 6.45) is 1.90. The van der Waals surface area contributed by atoms with Crippen LogP contribution in [0.1, 0.15) is 30.7 Å². The van der Waals surface area contributed by atoms with Crippen molar-refractivity contribution in [1.29, 1.82) is 5.26 Å². The number of nitriles is 1. The number of anilines is 1. The highest BCUT2D eigenvalue weighted by molar-refractivity contribution is 5.89. The molecule has 2 amide bonds. The molecule has 0 saturated heterocycles. The summed E-state index contributed by atoms with van der Waals surface area (Å²) in [5, 5.41) is 11.7. The first-order valence-electron chi connectivity index (χ1n) is 8.09. The second kappa shape index (κ2) is 9.40. The number of aromatic nitrogens is 1. The fraction of sp³-hybridized carbons (Fsp3) is 0.316. The zero-order chi connectivity index (χ0) is 18.1. The summed E-state index contributed by atoms with van der Waals surface area (Å²) in [5.41, 5.74) is 2.44. The van der Waals surface area contributed by atoms with E-state index in [0.717, 1.165) is 11.3 Å². The van der Waals surface area contributed by atoms with E-state index < -0.39 is 0 Å². The quantitative estimate of drug-likeness (QED) is 0.834. The van der Waals surface area contributed by atoms with E-state index >= 15 is 0 Å². The predicted molar refractivity (Wildman–Crippen MR) is 95.8 cm³/mol. The number of urea groups is 1. The molecule has 0 aliphatic rings. The number of methoxy groups -OCH3 is 1. The maximum Gasteiger partial charge on any atom is 0.322 e. The van der Waals surface area contributed by atoms with Crippen molar-refractivity contribution in [2.75, 3.05) is 19.0 Å². The molecule has 1 N–H and O–H groups in total. The number of amides is 2. The molecule has 0 bridgehead atoms. The summed E-state index contributed by atoms with van der Waals surface area (Å²) in [6, 6.07) is 14.9. The molecule has 0 saturated carbocycles. The van der Waals surface area contributed by atoms with Gasteiger partial charge in [0, 0.05) is 25.5 Å². The number of hydrogen-bond acceptors (Lipinski definition) is 4. The van der Waals surface area contributed by atoms with Gasteiger partial charge < -0.3 is 15.0 Å². The van der Waals surface area contributed by atoms with Gasteiger partial charge in [0.15, 0.2) is 0 Å². The molecule has 1 atom stereocenters. The standard InChI is InChI=1S/C19H22N4O2/c1-15(25-2)16-7-5-9-17(13-16)22-19(24)23(12-6-10-20)14-18-8-3-4-11-21-18/h3-5,7-9,11,13,15H,6,12,14H2,1-2H3,(H,22,24)/t15-/m0/s1. The van der Waals surface area contributed by atoms with Gasteiger partial charge in [-0.25, -0.2) is 4.79 Å². The van der Waals surface area contributed by atoms with Crippen LogP contribution in [0.15, 0.2) is 48.7 Å². The number of hydrogen-bond donors (Lipinski definition) is 1. The summed E-state index contributed by atoms with van der Waals surface area (Å²) in [7, 11) is 1.65. The molecule has 0 aliphatic carbocycles. The third kappa shape index (κ3) is 5.59. The van der Waals surface area contributed by atoms with Gasteiger partial charge in [0.05, 0.1) is 30.8 Å². The Morgan fingerprint density at radius 2 is 2.20 bits per heavy atom. The van der Waals surface area contributed by atoms with Gasteiger partial charge in [-0.15, -0.1) is 0 Å². The van der Waals surface area contributed by atoms with Crippen LogP contribution in [-0.2, 0) is 11.3 Å². The first-order valence-corrected chi connectivity index (χ1v) is 8.09. The second-order valence-corrected chi connectivity index (χ2v) is 5.58. The maximum absolute atomic E-state index is 12.6. The average Bonchev–Trinajstić information content (AvgIpc) is 2.65. The molecule has 0 spiro atoms. The van der Waals surface area contributed by atoms with Gasteiger partial charge in [-0.05, 0) is 36.8 Å². The van der Waals surface area contributed by atoms with Crippen LogP contribution in [0.25, 0.3) is 0 Å². The molecule has 6 heteroatoms. The van der Waals surface area contributed by atoms with Crippen LogP contribution in [0.4, 0.5) is 10.5 Å². The highest BCUT2D eigenvalue weighted by Gasteiger charge is 2.15. The van der Waals surface area contributed by atoms with E-state index in [9.17, 15) is 4.79 Å². The number of ether oxygens (including phenoxy) is 1. The maximum atomic E-state index is 12.6. The summed E-state index contributed by atoms with van der Waals surface area (Å²) < 4.78 is 5.31. The van der Waals surface area contributed by atoms with E-state index in [2.05, 4.69) is 16.4 Å². The highest BCUT2D eigenvalue weighted by atomic mass is 16.5. The normalized spacial score (nSPS) is 11.4. The zero-order valence-corrected chi connectivity index (χ0v) is 14.5. The van der Waals surface area contributed by atoms with Gasteiger partial charge in [0.2, 0.25) is 0 Å². The van der Waals surface area contributed by atoms with E-state index in [1.165, 1.54) is 0 Å². The van der Waals surface area contributed by atoms with E-state index in [1.807, 2.05) is 49.4 Å². The lowest BCUT2D eigenvalue weighted by Gasteiger charge is -2.22. The molecular weight excluding hydrogens is 316 g/mol. The molecule has 0 radical (unpaired) electrons. The Morgan fingerprint density at radius 3 is 2.88 bits per heavy atom. The van der Waals surface area contributed by atoms with Crippen LogP contribution < -0.4 is 5.32 Å². The van der Waals surface area contributed by atoms with Crippen molar-refractivity contribution in [3.63, 3.8) is 0 Å². The van der Waals surface area contributed by atoms with Crippen LogP contribution in [0, 0.1) is 11.3 Å². The largest absolute Gasteiger partial charge is 0.377 e. The van der Waals surface area contributed by atoms with Crippen molar-refractivity contribution in [1.82, 2.24) is 9.88 Å². The third-order valence-corrected chi connectivity index (χ3v) is 3.82. The molecule has 2 rings (SSSR count). The fourth-order valence-electron chi connectivity index (χ4n) is 2.33. The SMILES string of the molecule is CO[C@@H](C)c1cccc(NC(=O)N(CCC#N)Cc2ccccn2)c1. The van der Waals surface area contributed by atoms with Crippen LogP contribution in [0.5, 0.6) is 0 Å². The number of nitrogens with one attached hydrogen (secondary N) is 1. The molecule has 0 unspecified atom stereocenters. The van der Waals surface area contributed by atoms with Crippen LogP contribution in [-0.4, -0.2) is 29.6 Å². The summed E-state index contributed by atoms with van der Waals surface area (Å²) in [6.45, 7) is 2.64. The highest BCUT2D eigenvalue weighted by Crippen LogP contribution is 2.20. The molecule has 25 heavy (non-hydrogen) atoms. The van der Waals surface area contributed by atoms with E-state index in [4.69, 9.17) is 10.00 Å². The minimum absolute atomic E-state index is 0.0555. The number of carbonyl (C=O) groups excluding carboxylic acids is 1. The number of rotatable bonds is 7. The molecule has 1 heterocycles. The third-order valence-electron chi connectivity index (χ3n) is 3.82. The zero-order valence-electron chi connectivity index (χ0n) is 14.5. The molecule has 1 aromatic carbocycles. The monoisotopic (exact) mass is 338 g/mol. The number of pyridine rings is 1. The first-order chi connectivity index (χ1) is 12.1. The predicted octanol–water partition coefficient (Wildman–Crippen LogP) is 3.74. The molecule has 130 valence electrons. The van der Waals surface area contributed by atoms with Crippen molar-refractivity contribution in [2.24, 2.45) is 0 Å². The summed E-state index contributed by atoms with van der Waals surface area (Å²) >= 11 is 0. The number of nitrogens with zero attached hydrogens (tertiary/aromatic N) is 3. The number of benzene rings is 1. The fourth-order valence-corrected chi connectivity index (χ4v) is 2.33. The van der Waals surface area contributed by atoms with Crippen molar-refractivity contribution in [2.45, 2.75) is 26.0 Å². The molecule has 0 aliphatic heterocycles. The van der Waals surface area contributed by atoms with Gasteiger partial charge in [0.25, 0.3) is 0 Å². The van der Waals surface area contributed by atoms with E-state index in [-0.39, 0.29) is 18.6 Å². The van der Waals surface area contributed by atoms with Gasteiger partial charge in [-0.2, -0.15) is 5.26 Å². The van der Waals surface area contributed by atoms with Crippen molar-refractivity contribution < 1.29 is 9.53 Å². The van der Waals surface area contributed by atoms with Crippen molar-refractivity contribution >= 4 is 11.7 Å². The second-order valence-electron chi connectivity index (χ2n) is 5.58. The lowest BCUT2D eigenvalue weighted by Crippen LogP contribution is -2.35. The van der Waals surface area contributed by atoms with Crippen LogP contribution in [0.2, 0.25) is 0 Å². The minimum atomic E-state index is -0.261. The lowest BCUT2D eigenvalue weighted by atomic mass is 10.1. The molecule has 0 fully saturated rings. The van der Waals surface area contributed by atoms with Crippen molar-refractivity contribution in [3.05, 3.63) is 59.9 Å². The Hall–Kier alpha value is -2.91. The van der Waals surface area contributed by atoms with Gasteiger partial charge in [0.1, 0.15) is 0 Å². The van der Waals surface area contributed by atoms with Gasteiger partial charge in [-0.1, -0.05) is 18.2 Å². The smallest absolute Gasteiger partial charge is 0.322 e. The molecule has 2 aromatic rings. The van der Waals surface area contributed by atoms with E-state index in [0.29, 0.717) is 18.8 Å². The van der Waals surface area contributed by atoms with E-state index in [1.54, 1.807) is 18.2 Å². The minimum Gasteiger partial charge on any atom is -0.377 e. The topological polar surface area (TPSA) is 78.2 Å². The van der Waals surface area contributed by atoms with Gasteiger partial charge >= 0.3 is 6.03 Å². The molecular formula is C19H22N4O2. The Balaban J connectivity index is 2.10.